The standard InChI is InChI=1S/C6H15N.CO/c1-4-5-7-6(2)3;1-2/h6-7H,4-5H2,1-3H3;. The molecule has 0 unspecified atom stereocenters. The van der Waals surface area contributed by atoms with E-state index < -0.39 is 0 Å². The van der Waals surface area contributed by atoms with Crippen molar-refractivity contribution in [1.29, 1.82) is 0 Å². The van der Waals surface area contributed by atoms with Gasteiger partial charge in [0, 0.05) is 6.04 Å². The molecule has 0 aliphatic carbocycles. The van der Waals surface area contributed by atoms with Crippen LogP contribution in [0.25, 0.3) is 0 Å². The Bertz CT molecular complexity index is 59.2. The Balaban J connectivity index is 0. The molecule has 54 valence electrons. The van der Waals surface area contributed by atoms with Crippen molar-refractivity contribution < 1.29 is 4.65 Å². The van der Waals surface area contributed by atoms with E-state index in [4.69, 9.17) is 4.65 Å². The molecule has 0 bridgehead atoms. The van der Waals surface area contributed by atoms with Crippen LogP contribution in [0.5, 0.6) is 0 Å². The monoisotopic (exact) mass is 129 g/mol. The number of nitrogens with one attached hydrogen (secondary N) is 1. The van der Waals surface area contributed by atoms with Crippen LogP contribution in [0, 0.1) is 6.65 Å². The molecule has 0 aliphatic heterocycles. The Labute approximate surface area is 57.4 Å². The number of hydrogen-bond acceptors (Lipinski definition) is 1. The molecule has 0 radical (unpaired) electrons. The zero-order chi connectivity index (χ0) is 7.70. The topological polar surface area (TPSA) is 31.9 Å². The Kier molecular flexibility index (Phi) is 13.6. The van der Waals surface area contributed by atoms with Crippen molar-refractivity contribution in [2.75, 3.05) is 6.54 Å². The molecule has 0 aliphatic rings. The molecular weight excluding hydrogens is 114 g/mol. The number of rotatable bonds is 3. The first-order valence-corrected chi connectivity index (χ1v) is 3.21. The first kappa shape index (κ1) is 11.5. The molecule has 0 aromatic heterocycles. The summed E-state index contributed by atoms with van der Waals surface area (Å²) in [4.78, 5) is 0. The van der Waals surface area contributed by atoms with Crippen LogP contribution in [-0.2, 0) is 4.65 Å². The average Bonchev–Trinajstić information content (AvgIpc) is 1.88. The van der Waals surface area contributed by atoms with Crippen LogP contribution in [0.3, 0.4) is 0 Å². The van der Waals surface area contributed by atoms with E-state index in [-0.39, 0.29) is 0 Å². The fourth-order valence-corrected chi connectivity index (χ4v) is 0.433. The van der Waals surface area contributed by atoms with E-state index in [1.807, 2.05) is 0 Å². The van der Waals surface area contributed by atoms with E-state index in [0.717, 1.165) is 6.54 Å². The van der Waals surface area contributed by atoms with Gasteiger partial charge < -0.3 is 5.32 Å². The predicted molar refractivity (Wildman–Crippen MR) is 37.4 cm³/mol. The van der Waals surface area contributed by atoms with Crippen LogP contribution < -0.4 is 5.32 Å². The van der Waals surface area contributed by atoms with Crippen molar-refractivity contribution in [3.05, 3.63) is 6.65 Å². The van der Waals surface area contributed by atoms with Gasteiger partial charge in [0.05, 0.1) is 0 Å². The fourth-order valence-electron chi connectivity index (χ4n) is 0.433. The van der Waals surface area contributed by atoms with E-state index >= 15 is 0 Å². The summed E-state index contributed by atoms with van der Waals surface area (Å²) >= 11 is 0. The Morgan fingerprint density at radius 2 is 1.89 bits per heavy atom. The van der Waals surface area contributed by atoms with Gasteiger partial charge in [-0.25, -0.2) is 0 Å². The molecular formula is C7H15NO. The van der Waals surface area contributed by atoms with Crippen LogP contribution in [0.4, 0.5) is 0 Å². The average molecular weight is 129 g/mol. The summed E-state index contributed by atoms with van der Waals surface area (Å²) in [7, 11) is 0. The van der Waals surface area contributed by atoms with Gasteiger partial charge in [-0.15, -0.1) is 0 Å². The predicted octanol–water partition coefficient (Wildman–Crippen LogP) is 1.36. The minimum atomic E-state index is 0.653. The van der Waals surface area contributed by atoms with Crippen LogP contribution in [-0.4, -0.2) is 12.6 Å². The second-order valence-electron chi connectivity index (χ2n) is 2.11. The van der Waals surface area contributed by atoms with Gasteiger partial charge in [0.1, 0.15) is 0 Å². The molecule has 0 aromatic rings. The third-order valence-electron chi connectivity index (χ3n) is 0.803. The molecule has 1 N–H and O–H groups in total. The quantitative estimate of drug-likeness (QED) is 0.453. The zero-order valence-electron chi connectivity index (χ0n) is 6.40. The summed E-state index contributed by atoms with van der Waals surface area (Å²) in [6, 6.07) is 0.653. The van der Waals surface area contributed by atoms with E-state index in [1.54, 1.807) is 0 Å². The van der Waals surface area contributed by atoms with Crippen molar-refractivity contribution in [2.24, 2.45) is 0 Å². The molecule has 0 spiro atoms. The summed E-state index contributed by atoms with van der Waals surface area (Å²) < 4.78 is 7.50. The van der Waals surface area contributed by atoms with E-state index in [2.05, 4.69) is 32.7 Å². The third-order valence-corrected chi connectivity index (χ3v) is 0.803. The molecule has 2 nitrogen and oxygen atoms in total. The zero-order valence-corrected chi connectivity index (χ0v) is 6.40. The SMILES string of the molecule is CCCNC(C)C.[C-]#[O+]. The molecule has 0 atom stereocenters. The van der Waals surface area contributed by atoms with Crippen molar-refractivity contribution in [3.8, 4) is 0 Å². The van der Waals surface area contributed by atoms with E-state index in [1.165, 1.54) is 6.42 Å². The van der Waals surface area contributed by atoms with Gasteiger partial charge in [-0.3, -0.25) is 0 Å². The van der Waals surface area contributed by atoms with Gasteiger partial charge >= 0.3 is 11.3 Å². The van der Waals surface area contributed by atoms with Crippen molar-refractivity contribution in [3.63, 3.8) is 0 Å². The fraction of sp³-hybridized carbons (Fsp3) is 0.857. The van der Waals surface area contributed by atoms with Gasteiger partial charge in [-0.05, 0) is 13.0 Å². The van der Waals surface area contributed by atoms with Crippen molar-refractivity contribution in [1.82, 2.24) is 5.32 Å². The molecule has 0 aromatic carbocycles. The summed E-state index contributed by atoms with van der Waals surface area (Å²) in [6.07, 6.45) is 1.23. The normalized spacial score (nSPS) is 8.22. The molecule has 0 fully saturated rings. The van der Waals surface area contributed by atoms with Gasteiger partial charge in [0.15, 0.2) is 0 Å². The summed E-state index contributed by atoms with van der Waals surface area (Å²) in [5.74, 6) is 0. The Hall–Kier alpha value is -0.300. The van der Waals surface area contributed by atoms with Crippen molar-refractivity contribution >= 4 is 0 Å². The van der Waals surface area contributed by atoms with Gasteiger partial charge in [0.2, 0.25) is 0 Å². The molecule has 0 heterocycles. The van der Waals surface area contributed by atoms with Gasteiger partial charge in [-0.2, -0.15) is 0 Å². The van der Waals surface area contributed by atoms with Crippen molar-refractivity contribution in [2.45, 2.75) is 33.2 Å². The summed E-state index contributed by atoms with van der Waals surface area (Å²) in [6.45, 7) is 12.2. The second kappa shape index (κ2) is 10.6. The molecule has 0 rings (SSSR count). The van der Waals surface area contributed by atoms with Crippen LogP contribution in [0.1, 0.15) is 27.2 Å². The Morgan fingerprint density at radius 1 is 1.44 bits per heavy atom. The van der Waals surface area contributed by atoms with Crippen LogP contribution >= 0.6 is 0 Å². The van der Waals surface area contributed by atoms with E-state index in [9.17, 15) is 0 Å². The van der Waals surface area contributed by atoms with E-state index in [0.29, 0.717) is 6.04 Å². The maximum absolute atomic E-state index is 7.50. The maximum atomic E-state index is 7.50. The first-order chi connectivity index (χ1) is 4.27. The number of hydrogen-bond donors (Lipinski definition) is 1. The summed E-state index contributed by atoms with van der Waals surface area (Å²) in [5.41, 5.74) is 0. The third kappa shape index (κ3) is 18.3. The molecule has 0 amide bonds. The second-order valence-corrected chi connectivity index (χ2v) is 2.11. The first-order valence-electron chi connectivity index (χ1n) is 3.21. The Morgan fingerprint density at radius 3 is 2.00 bits per heavy atom. The van der Waals surface area contributed by atoms with Gasteiger partial charge in [-0.1, -0.05) is 20.8 Å². The van der Waals surface area contributed by atoms with Crippen LogP contribution in [0.15, 0.2) is 0 Å². The molecule has 9 heavy (non-hydrogen) atoms. The summed E-state index contributed by atoms with van der Waals surface area (Å²) in [5, 5.41) is 3.30. The van der Waals surface area contributed by atoms with Crippen LogP contribution in [0.2, 0.25) is 0 Å². The van der Waals surface area contributed by atoms with Gasteiger partial charge in [0.25, 0.3) is 0 Å². The molecule has 0 saturated heterocycles. The molecule has 2 heteroatoms. The minimum absolute atomic E-state index is 0.653. The molecule has 0 saturated carbocycles.